The molecule has 0 bridgehead atoms. The third-order valence-electron chi connectivity index (χ3n) is 4.27. The van der Waals surface area contributed by atoms with Gasteiger partial charge in [-0.15, -0.1) is 11.3 Å². The molecule has 0 aliphatic carbocycles. The van der Waals surface area contributed by atoms with E-state index in [1.807, 2.05) is 13.8 Å². The molecule has 2 rings (SSSR count). The van der Waals surface area contributed by atoms with Crippen LogP contribution in [0.2, 0.25) is 0 Å². The first-order valence-electron chi connectivity index (χ1n) is 9.52. The standard InChI is InChI=1S/C21H25FN4O3S/c1-5-13(2)23-20(29)14(3)24-19(28)11-10-16-12-30-21(25-16)26(15(4)27)18-9-7-6-8-17(18)22/h6-14H,5H2,1-4H3,(H,23,29)(H,24,28)/b11-10+. The van der Waals surface area contributed by atoms with Crippen molar-refractivity contribution >= 4 is 46.0 Å². The average molecular weight is 433 g/mol. The zero-order chi connectivity index (χ0) is 22.3. The van der Waals surface area contributed by atoms with Crippen LogP contribution in [0.5, 0.6) is 0 Å². The van der Waals surface area contributed by atoms with Gasteiger partial charge in [-0.1, -0.05) is 19.1 Å². The maximum atomic E-state index is 14.1. The number of benzene rings is 1. The van der Waals surface area contributed by atoms with E-state index in [1.54, 1.807) is 18.4 Å². The van der Waals surface area contributed by atoms with Crippen molar-refractivity contribution < 1.29 is 18.8 Å². The van der Waals surface area contributed by atoms with Gasteiger partial charge in [0.2, 0.25) is 17.7 Å². The molecule has 9 heteroatoms. The van der Waals surface area contributed by atoms with Crippen LogP contribution in [0.1, 0.15) is 39.8 Å². The molecule has 0 saturated carbocycles. The summed E-state index contributed by atoms with van der Waals surface area (Å²) in [6.45, 7) is 6.77. The van der Waals surface area contributed by atoms with E-state index in [0.717, 1.165) is 17.8 Å². The Labute approximate surface area is 179 Å². The molecule has 2 atom stereocenters. The summed E-state index contributed by atoms with van der Waals surface area (Å²) in [6, 6.07) is 5.27. The lowest BCUT2D eigenvalue weighted by Gasteiger charge is -2.18. The van der Waals surface area contributed by atoms with Gasteiger partial charge >= 0.3 is 0 Å². The molecule has 2 aromatic rings. The molecule has 0 aliphatic rings. The van der Waals surface area contributed by atoms with Crippen molar-refractivity contribution in [1.29, 1.82) is 0 Å². The molecule has 0 fully saturated rings. The van der Waals surface area contributed by atoms with Gasteiger partial charge < -0.3 is 10.6 Å². The number of thiazole rings is 1. The van der Waals surface area contributed by atoms with E-state index in [0.29, 0.717) is 5.69 Å². The zero-order valence-electron chi connectivity index (χ0n) is 17.3. The number of hydrogen-bond acceptors (Lipinski definition) is 5. The Kier molecular flexibility index (Phi) is 8.23. The number of halogens is 1. The van der Waals surface area contributed by atoms with Gasteiger partial charge in [-0.3, -0.25) is 19.3 Å². The fourth-order valence-corrected chi connectivity index (χ4v) is 3.30. The summed E-state index contributed by atoms with van der Waals surface area (Å²) >= 11 is 1.15. The van der Waals surface area contributed by atoms with Crippen molar-refractivity contribution in [2.45, 2.75) is 46.2 Å². The highest BCUT2D eigenvalue weighted by Gasteiger charge is 2.20. The highest BCUT2D eigenvalue weighted by molar-refractivity contribution is 7.14. The first-order chi connectivity index (χ1) is 14.2. The van der Waals surface area contributed by atoms with E-state index < -0.39 is 17.8 Å². The largest absolute Gasteiger partial charge is 0.352 e. The molecule has 0 saturated heterocycles. The smallest absolute Gasteiger partial charge is 0.244 e. The summed E-state index contributed by atoms with van der Waals surface area (Å²) in [5.41, 5.74) is 0.540. The van der Waals surface area contributed by atoms with E-state index in [4.69, 9.17) is 0 Å². The Bertz CT molecular complexity index is 944. The van der Waals surface area contributed by atoms with Gasteiger partial charge in [0.15, 0.2) is 5.13 Å². The maximum Gasteiger partial charge on any atom is 0.244 e. The second kappa shape index (κ2) is 10.6. The van der Waals surface area contributed by atoms with Gasteiger partial charge in [0.25, 0.3) is 0 Å². The van der Waals surface area contributed by atoms with Crippen LogP contribution < -0.4 is 15.5 Å². The average Bonchev–Trinajstić information content (AvgIpc) is 3.16. The number of amides is 3. The highest BCUT2D eigenvalue weighted by Crippen LogP contribution is 2.30. The molecule has 1 aromatic carbocycles. The third kappa shape index (κ3) is 6.21. The lowest BCUT2D eigenvalue weighted by molar-refractivity contribution is -0.127. The molecule has 1 aromatic heterocycles. The van der Waals surface area contributed by atoms with Crippen molar-refractivity contribution in [3.63, 3.8) is 0 Å². The molecule has 7 nitrogen and oxygen atoms in total. The summed E-state index contributed by atoms with van der Waals surface area (Å²) in [7, 11) is 0. The fraction of sp³-hybridized carbons (Fsp3) is 0.333. The Morgan fingerprint density at radius 3 is 2.57 bits per heavy atom. The number of nitrogens with zero attached hydrogens (tertiary/aromatic N) is 2. The summed E-state index contributed by atoms with van der Waals surface area (Å²) in [4.78, 5) is 41.6. The van der Waals surface area contributed by atoms with Crippen molar-refractivity contribution in [1.82, 2.24) is 15.6 Å². The van der Waals surface area contributed by atoms with Crippen molar-refractivity contribution in [2.24, 2.45) is 0 Å². The molecular weight excluding hydrogens is 407 g/mol. The molecule has 3 amide bonds. The summed E-state index contributed by atoms with van der Waals surface area (Å²) in [5.74, 6) is -1.63. The molecule has 2 N–H and O–H groups in total. The van der Waals surface area contributed by atoms with E-state index in [9.17, 15) is 18.8 Å². The Morgan fingerprint density at radius 2 is 1.93 bits per heavy atom. The molecule has 2 unspecified atom stereocenters. The van der Waals surface area contributed by atoms with E-state index >= 15 is 0 Å². The van der Waals surface area contributed by atoms with Crippen LogP contribution in [-0.4, -0.2) is 34.8 Å². The van der Waals surface area contributed by atoms with Crippen LogP contribution >= 0.6 is 11.3 Å². The monoisotopic (exact) mass is 432 g/mol. The molecule has 30 heavy (non-hydrogen) atoms. The van der Waals surface area contributed by atoms with E-state index in [-0.39, 0.29) is 28.7 Å². The van der Waals surface area contributed by atoms with Crippen LogP contribution in [0.15, 0.2) is 35.7 Å². The Hall–Kier alpha value is -3.07. The van der Waals surface area contributed by atoms with Gasteiger partial charge in [-0.05, 0) is 38.5 Å². The fourth-order valence-electron chi connectivity index (χ4n) is 2.45. The normalized spacial score (nSPS) is 13.0. The quantitative estimate of drug-likeness (QED) is 0.626. The van der Waals surface area contributed by atoms with Gasteiger partial charge in [0, 0.05) is 24.4 Å². The van der Waals surface area contributed by atoms with Crippen molar-refractivity contribution in [3.8, 4) is 0 Å². The first-order valence-corrected chi connectivity index (χ1v) is 10.4. The number of anilines is 2. The van der Waals surface area contributed by atoms with Crippen LogP contribution in [0.4, 0.5) is 15.2 Å². The van der Waals surface area contributed by atoms with E-state index in [1.165, 1.54) is 42.2 Å². The Balaban J connectivity index is 2.06. The van der Waals surface area contributed by atoms with Gasteiger partial charge in [-0.2, -0.15) is 0 Å². The van der Waals surface area contributed by atoms with Gasteiger partial charge in [0.1, 0.15) is 11.9 Å². The lowest BCUT2D eigenvalue weighted by atomic mass is 10.2. The third-order valence-corrected chi connectivity index (χ3v) is 5.11. The second-order valence-electron chi connectivity index (χ2n) is 6.74. The van der Waals surface area contributed by atoms with E-state index in [2.05, 4.69) is 15.6 Å². The predicted octanol–water partition coefficient (Wildman–Crippen LogP) is 3.40. The number of aromatic nitrogens is 1. The van der Waals surface area contributed by atoms with Crippen LogP contribution in [-0.2, 0) is 14.4 Å². The predicted molar refractivity (Wildman–Crippen MR) is 116 cm³/mol. The van der Waals surface area contributed by atoms with Gasteiger partial charge in [-0.25, -0.2) is 9.37 Å². The van der Waals surface area contributed by atoms with Crippen molar-refractivity contribution in [2.75, 3.05) is 4.90 Å². The minimum absolute atomic E-state index is 0.0273. The zero-order valence-corrected chi connectivity index (χ0v) is 18.1. The van der Waals surface area contributed by atoms with Gasteiger partial charge in [0.05, 0.1) is 11.4 Å². The topological polar surface area (TPSA) is 91.4 Å². The van der Waals surface area contributed by atoms with Crippen LogP contribution in [0, 0.1) is 5.82 Å². The SMILES string of the molecule is CCC(C)NC(=O)C(C)NC(=O)/C=C/c1csc(N(C(C)=O)c2ccccc2F)n1. The minimum atomic E-state index is -0.684. The molecule has 1 heterocycles. The molecule has 160 valence electrons. The number of carbonyl (C=O) groups excluding carboxylic acids is 3. The highest BCUT2D eigenvalue weighted by atomic mass is 32.1. The summed E-state index contributed by atoms with van der Waals surface area (Å²) in [5, 5.41) is 7.32. The number of para-hydroxylation sites is 1. The second-order valence-corrected chi connectivity index (χ2v) is 7.58. The number of rotatable bonds is 8. The molecule has 0 radical (unpaired) electrons. The summed E-state index contributed by atoms with van der Waals surface area (Å²) in [6.07, 6.45) is 3.52. The molecule has 0 aliphatic heterocycles. The lowest BCUT2D eigenvalue weighted by Crippen LogP contribution is -2.46. The van der Waals surface area contributed by atoms with Crippen LogP contribution in [0.25, 0.3) is 6.08 Å². The minimum Gasteiger partial charge on any atom is -0.352 e. The molecular formula is C21H25FN4O3S. The first kappa shape index (κ1) is 23.2. The number of hydrogen-bond donors (Lipinski definition) is 2. The van der Waals surface area contributed by atoms with Crippen molar-refractivity contribution in [3.05, 3.63) is 47.2 Å². The number of carbonyl (C=O) groups is 3. The summed E-state index contributed by atoms with van der Waals surface area (Å²) < 4.78 is 14.1. The molecule has 0 spiro atoms. The Morgan fingerprint density at radius 1 is 1.23 bits per heavy atom. The van der Waals surface area contributed by atoms with Crippen LogP contribution in [0.3, 0.4) is 0 Å². The maximum absolute atomic E-state index is 14.1. The number of nitrogens with one attached hydrogen (secondary N) is 2.